The first-order valence-corrected chi connectivity index (χ1v) is 27.4. The van der Waals surface area contributed by atoms with Crippen molar-refractivity contribution < 1.29 is 28.6 Å². The smallest absolute Gasteiger partial charge is 0.306 e. The van der Waals surface area contributed by atoms with E-state index in [4.69, 9.17) is 14.2 Å². The predicted molar refractivity (Wildman–Crippen MR) is 288 cm³/mol. The Labute approximate surface area is 412 Å². The summed E-state index contributed by atoms with van der Waals surface area (Å²) in [6.45, 7) is 6.47. The Morgan fingerprint density at radius 1 is 0.313 bits per heavy atom. The van der Waals surface area contributed by atoms with Gasteiger partial charge in [0, 0.05) is 19.3 Å². The van der Waals surface area contributed by atoms with Crippen molar-refractivity contribution in [3.05, 3.63) is 109 Å². The second kappa shape index (κ2) is 54.7. The SMILES string of the molecule is CCCCC/C=C\C=C/CCCCCCCCC(=O)OCC(COC(=O)CCC/C=C\C/C=C\C/C=C\C/C=C\CCCCC)OC(=O)CCC/C=C\C/C=C\C/C=C\CCCCCCCC. The van der Waals surface area contributed by atoms with Gasteiger partial charge in [-0.25, -0.2) is 0 Å². The lowest BCUT2D eigenvalue weighted by Crippen LogP contribution is -2.30. The van der Waals surface area contributed by atoms with E-state index in [9.17, 15) is 14.4 Å². The van der Waals surface area contributed by atoms with Crippen molar-refractivity contribution >= 4 is 17.9 Å². The molecular formula is C61H100O6. The second-order valence-electron chi connectivity index (χ2n) is 17.8. The molecule has 6 heteroatoms. The molecular weight excluding hydrogens is 829 g/mol. The van der Waals surface area contributed by atoms with Crippen molar-refractivity contribution in [1.29, 1.82) is 0 Å². The van der Waals surface area contributed by atoms with Crippen LogP contribution in [-0.4, -0.2) is 37.2 Å². The topological polar surface area (TPSA) is 78.9 Å². The fourth-order valence-electron chi connectivity index (χ4n) is 7.09. The van der Waals surface area contributed by atoms with Crippen LogP contribution < -0.4 is 0 Å². The summed E-state index contributed by atoms with van der Waals surface area (Å²) in [5.74, 6) is -1.05. The summed E-state index contributed by atoms with van der Waals surface area (Å²) >= 11 is 0. The molecule has 0 aliphatic heterocycles. The highest BCUT2D eigenvalue weighted by Crippen LogP contribution is 2.12. The van der Waals surface area contributed by atoms with Crippen LogP contribution >= 0.6 is 0 Å². The van der Waals surface area contributed by atoms with Gasteiger partial charge in [0.2, 0.25) is 0 Å². The van der Waals surface area contributed by atoms with E-state index < -0.39 is 6.10 Å². The standard InChI is InChI=1S/C61H100O6/c1-4-7-10-13-16-19-22-25-28-30-33-36-39-42-45-48-51-54-60(63)66-57-58(56-65-59(62)53-50-47-44-41-38-35-32-27-24-21-18-15-12-9-6-3)67-61(64)55-52-49-46-43-40-37-34-31-29-26-23-20-17-14-11-8-5-2/h16,18-19,21,24-29,33-34,36-37,42-43,45-46,58H,4-15,17,20,22-23,30-32,35,38-41,44,47-57H2,1-3H3/b19-16-,21-18-,27-24-,28-25-,29-26-,36-33-,37-34-,45-42-,46-43-. The Bertz CT molecular complexity index is 1390. The van der Waals surface area contributed by atoms with Crippen molar-refractivity contribution in [3.8, 4) is 0 Å². The predicted octanol–water partition coefficient (Wildman–Crippen LogP) is 18.3. The largest absolute Gasteiger partial charge is 0.462 e. The lowest BCUT2D eigenvalue weighted by atomic mass is 10.1. The van der Waals surface area contributed by atoms with E-state index in [0.29, 0.717) is 19.3 Å². The van der Waals surface area contributed by atoms with Gasteiger partial charge < -0.3 is 14.2 Å². The van der Waals surface area contributed by atoms with Gasteiger partial charge in [0.05, 0.1) is 0 Å². The van der Waals surface area contributed by atoms with Crippen LogP contribution in [0.15, 0.2) is 109 Å². The fraction of sp³-hybridized carbons (Fsp3) is 0.656. The van der Waals surface area contributed by atoms with E-state index in [2.05, 4.69) is 130 Å². The zero-order chi connectivity index (χ0) is 48.6. The zero-order valence-corrected chi connectivity index (χ0v) is 43.4. The molecule has 0 saturated carbocycles. The number of esters is 3. The number of allylic oxidation sites excluding steroid dienone is 18. The minimum absolute atomic E-state index is 0.123. The van der Waals surface area contributed by atoms with E-state index in [-0.39, 0.29) is 44.0 Å². The molecule has 0 spiro atoms. The van der Waals surface area contributed by atoms with E-state index in [1.165, 1.54) is 109 Å². The molecule has 0 aromatic rings. The normalized spacial score (nSPS) is 12.9. The number of hydrogen-bond acceptors (Lipinski definition) is 6. The summed E-state index contributed by atoms with van der Waals surface area (Å²) in [7, 11) is 0. The van der Waals surface area contributed by atoms with Crippen LogP contribution in [-0.2, 0) is 28.6 Å². The molecule has 0 radical (unpaired) electrons. The van der Waals surface area contributed by atoms with Gasteiger partial charge in [-0.1, -0.05) is 214 Å². The number of rotatable bonds is 48. The average molecular weight is 929 g/mol. The molecule has 1 atom stereocenters. The van der Waals surface area contributed by atoms with Gasteiger partial charge in [0.1, 0.15) is 13.2 Å². The number of carbonyl (C=O) groups excluding carboxylic acids is 3. The van der Waals surface area contributed by atoms with Gasteiger partial charge in [-0.05, 0) is 116 Å². The lowest BCUT2D eigenvalue weighted by molar-refractivity contribution is -0.167. The quantitative estimate of drug-likeness (QED) is 0.0199. The molecule has 380 valence electrons. The van der Waals surface area contributed by atoms with Crippen molar-refractivity contribution in [1.82, 2.24) is 0 Å². The molecule has 6 nitrogen and oxygen atoms in total. The van der Waals surface area contributed by atoms with Crippen LogP contribution in [0, 0.1) is 0 Å². The Morgan fingerprint density at radius 2 is 0.597 bits per heavy atom. The third-order valence-electron chi connectivity index (χ3n) is 11.2. The molecule has 0 aliphatic carbocycles. The molecule has 0 saturated heterocycles. The molecule has 0 amide bonds. The molecule has 0 bridgehead atoms. The number of hydrogen-bond donors (Lipinski definition) is 0. The minimum atomic E-state index is -0.833. The van der Waals surface area contributed by atoms with Gasteiger partial charge in [-0.15, -0.1) is 0 Å². The molecule has 0 N–H and O–H groups in total. The summed E-state index contributed by atoms with van der Waals surface area (Å²) in [5, 5.41) is 0. The second-order valence-corrected chi connectivity index (χ2v) is 17.8. The number of carbonyl (C=O) groups is 3. The van der Waals surface area contributed by atoms with Crippen molar-refractivity contribution in [2.75, 3.05) is 13.2 Å². The monoisotopic (exact) mass is 929 g/mol. The third kappa shape index (κ3) is 52.9. The summed E-state index contributed by atoms with van der Waals surface area (Å²) in [6.07, 6.45) is 73.7. The van der Waals surface area contributed by atoms with Crippen LogP contribution in [0.3, 0.4) is 0 Å². The van der Waals surface area contributed by atoms with Gasteiger partial charge >= 0.3 is 17.9 Å². The summed E-state index contributed by atoms with van der Waals surface area (Å²) in [5.41, 5.74) is 0. The Hall–Kier alpha value is -3.93. The molecule has 1 unspecified atom stereocenters. The van der Waals surface area contributed by atoms with Gasteiger partial charge in [0.25, 0.3) is 0 Å². The van der Waals surface area contributed by atoms with Crippen molar-refractivity contribution in [3.63, 3.8) is 0 Å². The molecule has 0 fully saturated rings. The highest BCUT2D eigenvalue weighted by atomic mass is 16.6. The third-order valence-corrected chi connectivity index (χ3v) is 11.2. The summed E-state index contributed by atoms with van der Waals surface area (Å²) < 4.78 is 16.7. The molecule has 67 heavy (non-hydrogen) atoms. The van der Waals surface area contributed by atoms with Gasteiger partial charge in [-0.2, -0.15) is 0 Å². The maximum Gasteiger partial charge on any atom is 0.306 e. The summed E-state index contributed by atoms with van der Waals surface area (Å²) in [6, 6.07) is 0. The zero-order valence-electron chi connectivity index (χ0n) is 43.4. The first kappa shape index (κ1) is 63.1. The van der Waals surface area contributed by atoms with Crippen LogP contribution in [0.2, 0.25) is 0 Å². The van der Waals surface area contributed by atoms with E-state index in [1.54, 1.807) is 0 Å². The van der Waals surface area contributed by atoms with Gasteiger partial charge in [0.15, 0.2) is 6.10 Å². The average Bonchev–Trinajstić information content (AvgIpc) is 3.33. The minimum Gasteiger partial charge on any atom is -0.462 e. The highest BCUT2D eigenvalue weighted by Gasteiger charge is 2.19. The molecule has 0 aliphatic rings. The fourth-order valence-corrected chi connectivity index (χ4v) is 7.09. The molecule has 0 heterocycles. The molecule has 0 rings (SSSR count). The Balaban J connectivity index is 4.59. The Kier molecular flexibility index (Phi) is 51.5. The Morgan fingerprint density at radius 3 is 1.01 bits per heavy atom. The molecule has 0 aromatic heterocycles. The first-order chi connectivity index (χ1) is 33.0. The van der Waals surface area contributed by atoms with Gasteiger partial charge in [-0.3, -0.25) is 14.4 Å². The van der Waals surface area contributed by atoms with E-state index in [1.807, 2.05) is 0 Å². The maximum atomic E-state index is 12.8. The van der Waals surface area contributed by atoms with Crippen LogP contribution in [0.25, 0.3) is 0 Å². The lowest BCUT2D eigenvalue weighted by Gasteiger charge is -2.18. The number of ether oxygens (including phenoxy) is 3. The van der Waals surface area contributed by atoms with Crippen LogP contribution in [0.5, 0.6) is 0 Å². The van der Waals surface area contributed by atoms with Crippen LogP contribution in [0.4, 0.5) is 0 Å². The summed E-state index contributed by atoms with van der Waals surface area (Å²) in [4.78, 5) is 38.0. The van der Waals surface area contributed by atoms with Crippen molar-refractivity contribution in [2.24, 2.45) is 0 Å². The number of unbranched alkanes of at least 4 members (excludes halogenated alkanes) is 20. The molecule has 0 aromatic carbocycles. The first-order valence-electron chi connectivity index (χ1n) is 27.4. The highest BCUT2D eigenvalue weighted by molar-refractivity contribution is 5.71. The maximum absolute atomic E-state index is 12.8. The van der Waals surface area contributed by atoms with E-state index >= 15 is 0 Å². The van der Waals surface area contributed by atoms with Crippen LogP contribution in [0.1, 0.15) is 239 Å². The van der Waals surface area contributed by atoms with E-state index in [0.717, 1.165) is 77.0 Å². The van der Waals surface area contributed by atoms with Crippen molar-refractivity contribution in [2.45, 2.75) is 245 Å².